The SMILES string of the molecule is CC(=O)c1ccc(S(=O)(=O)Nc2cccc(-c3ccc4nnc(-c5ccccn5)n4n3)c2)cc1. The van der Waals surface area contributed by atoms with E-state index < -0.39 is 10.0 Å². The van der Waals surface area contributed by atoms with Gasteiger partial charge in [-0.1, -0.05) is 30.3 Å². The lowest BCUT2D eigenvalue weighted by Crippen LogP contribution is -2.13. The maximum atomic E-state index is 12.8. The zero-order chi connectivity index (χ0) is 23.7. The topological polar surface area (TPSA) is 119 Å². The molecule has 10 heteroatoms. The first-order valence-corrected chi connectivity index (χ1v) is 11.8. The third-order valence-electron chi connectivity index (χ3n) is 5.14. The molecule has 0 bridgehead atoms. The fourth-order valence-corrected chi connectivity index (χ4v) is 4.47. The van der Waals surface area contributed by atoms with Crippen LogP contribution < -0.4 is 4.72 Å². The van der Waals surface area contributed by atoms with Crippen molar-refractivity contribution in [1.29, 1.82) is 0 Å². The van der Waals surface area contributed by atoms with Crippen molar-refractivity contribution in [2.75, 3.05) is 4.72 Å². The van der Waals surface area contributed by atoms with Crippen LogP contribution in [0.5, 0.6) is 0 Å². The van der Waals surface area contributed by atoms with E-state index in [9.17, 15) is 13.2 Å². The molecule has 0 saturated heterocycles. The highest BCUT2D eigenvalue weighted by Crippen LogP contribution is 2.24. The number of nitrogens with zero attached hydrogens (tertiary/aromatic N) is 5. The number of sulfonamides is 1. The van der Waals surface area contributed by atoms with Crippen LogP contribution in [0.1, 0.15) is 17.3 Å². The van der Waals surface area contributed by atoms with E-state index >= 15 is 0 Å². The van der Waals surface area contributed by atoms with Gasteiger partial charge < -0.3 is 0 Å². The highest BCUT2D eigenvalue weighted by Gasteiger charge is 2.16. The van der Waals surface area contributed by atoms with Crippen LogP contribution >= 0.6 is 0 Å². The van der Waals surface area contributed by atoms with Crippen LogP contribution in [0.3, 0.4) is 0 Å². The second-order valence-electron chi connectivity index (χ2n) is 7.49. The van der Waals surface area contributed by atoms with Crippen molar-refractivity contribution < 1.29 is 13.2 Å². The number of fused-ring (bicyclic) bond motifs is 1. The van der Waals surface area contributed by atoms with Crippen LogP contribution in [-0.2, 0) is 10.0 Å². The van der Waals surface area contributed by atoms with Crippen molar-refractivity contribution in [3.05, 3.63) is 90.6 Å². The quantitative estimate of drug-likeness (QED) is 0.374. The third-order valence-corrected chi connectivity index (χ3v) is 6.54. The number of Topliss-reactive ketones (excluding diaryl/α,β-unsaturated/α-hetero) is 1. The van der Waals surface area contributed by atoms with Crippen molar-refractivity contribution in [3.63, 3.8) is 0 Å². The lowest BCUT2D eigenvalue weighted by atomic mass is 10.1. The fourth-order valence-electron chi connectivity index (χ4n) is 3.42. The number of nitrogens with one attached hydrogen (secondary N) is 1. The van der Waals surface area contributed by atoms with Crippen LogP contribution in [0, 0.1) is 0 Å². The zero-order valence-electron chi connectivity index (χ0n) is 18.0. The minimum Gasteiger partial charge on any atom is -0.295 e. The summed E-state index contributed by atoms with van der Waals surface area (Å²) >= 11 is 0. The number of carbonyl (C=O) groups is 1. The first-order chi connectivity index (χ1) is 16.4. The lowest BCUT2D eigenvalue weighted by Gasteiger charge is -2.10. The molecule has 0 spiro atoms. The van der Waals surface area contributed by atoms with Gasteiger partial charge in [0.05, 0.1) is 10.6 Å². The summed E-state index contributed by atoms with van der Waals surface area (Å²) in [4.78, 5) is 15.8. The molecule has 168 valence electrons. The van der Waals surface area contributed by atoms with Gasteiger partial charge >= 0.3 is 0 Å². The summed E-state index contributed by atoms with van der Waals surface area (Å²) < 4.78 is 29.8. The monoisotopic (exact) mass is 470 g/mol. The zero-order valence-corrected chi connectivity index (χ0v) is 18.8. The number of pyridine rings is 1. The van der Waals surface area contributed by atoms with Crippen LogP contribution in [0.25, 0.3) is 28.4 Å². The van der Waals surface area contributed by atoms with Crippen molar-refractivity contribution in [3.8, 4) is 22.8 Å². The van der Waals surface area contributed by atoms with E-state index in [0.29, 0.717) is 39.7 Å². The molecule has 3 aromatic heterocycles. The van der Waals surface area contributed by atoms with Gasteiger partial charge in [-0.3, -0.25) is 14.5 Å². The molecule has 5 rings (SSSR count). The Balaban J connectivity index is 1.46. The molecule has 34 heavy (non-hydrogen) atoms. The fraction of sp³-hybridized carbons (Fsp3) is 0.0417. The first kappa shape index (κ1) is 21.4. The van der Waals surface area contributed by atoms with Gasteiger partial charge in [-0.2, -0.15) is 9.61 Å². The number of aromatic nitrogens is 5. The molecule has 0 saturated carbocycles. The summed E-state index contributed by atoms with van der Waals surface area (Å²) in [5.41, 5.74) is 3.34. The number of carbonyl (C=O) groups excluding carboxylic acids is 1. The molecule has 0 atom stereocenters. The summed E-state index contributed by atoms with van der Waals surface area (Å²) in [6.45, 7) is 1.43. The molecule has 0 aliphatic heterocycles. The number of ketones is 1. The van der Waals surface area contributed by atoms with Gasteiger partial charge in [0.2, 0.25) is 5.82 Å². The summed E-state index contributed by atoms with van der Waals surface area (Å²) in [6, 6.07) is 21.8. The van der Waals surface area contributed by atoms with Gasteiger partial charge in [0.15, 0.2) is 11.4 Å². The molecule has 0 radical (unpaired) electrons. The van der Waals surface area contributed by atoms with E-state index in [0.717, 1.165) is 0 Å². The predicted octanol–water partition coefficient (Wildman–Crippen LogP) is 3.86. The second kappa shape index (κ2) is 8.49. The van der Waals surface area contributed by atoms with E-state index in [1.165, 1.54) is 31.2 Å². The Hall–Kier alpha value is -4.44. The molecule has 3 heterocycles. The Bertz CT molecular complexity index is 1610. The van der Waals surface area contributed by atoms with Gasteiger partial charge in [0.1, 0.15) is 5.69 Å². The molecule has 0 aliphatic carbocycles. The van der Waals surface area contributed by atoms with Gasteiger partial charge in [-0.15, -0.1) is 10.2 Å². The average molecular weight is 471 g/mol. The van der Waals surface area contributed by atoms with Gasteiger partial charge in [0.25, 0.3) is 10.0 Å². The van der Waals surface area contributed by atoms with Crippen LogP contribution in [-0.4, -0.2) is 39.0 Å². The molecule has 0 aliphatic rings. The van der Waals surface area contributed by atoms with Crippen molar-refractivity contribution in [2.24, 2.45) is 0 Å². The Kier molecular flexibility index (Phi) is 5.34. The van der Waals surface area contributed by atoms with Gasteiger partial charge in [0, 0.05) is 23.0 Å². The molecular formula is C24H18N6O3S. The summed E-state index contributed by atoms with van der Waals surface area (Å²) in [5, 5.41) is 13.0. The van der Waals surface area contributed by atoms with Crippen molar-refractivity contribution in [2.45, 2.75) is 11.8 Å². The second-order valence-corrected chi connectivity index (χ2v) is 9.18. The van der Waals surface area contributed by atoms with Gasteiger partial charge in [-0.05, 0) is 55.5 Å². The van der Waals surface area contributed by atoms with Gasteiger partial charge in [-0.25, -0.2) is 8.42 Å². The predicted molar refractivity (Wildman–Crippen MR) is 127 cm³/mol. The lowest BCUT2D eigenvalue weighted by molar-refractivity contribution is 0.101. The minimum absolute atomic E-state index is 0.0620. The highest BCUT2D eigenvalue weighted by molar-refractivity contribution is 7.92. The number of rotatable bonds is 6. The van der Waals surface area contributed by atoms with E-state index in [4.69, 9.17) is 0 Å². The van der Waals surface area contributed by atoms with Crippen LogP contribution in [0.4, 0.5) is 5.69 Å². The normalized spacial score (nSPS) is 11.4. The maximum absolute atomic E-state index is 12.8. The van der Waals surface area contributed by atoms with Crippen LogP contribution in [0.2, 0.25) is 0 Å². The maximum Gasteiger partial charge on any atom is 0.261 e. The van der Waals surface area contributed by atoms with Crippen molar-refractivity contribution >= 4 is 27.1 Å². The number of anilines is 1. The Morgan fingerprint density at radius 1 is 0.882 bits per heavy atom. The third kappa shape index (κ3) is 4.14. The minimum atomic E-state index is -3.84. The largest absolute Gasteiger partial charge is 0.295 e. The average Bonchev–Trinajstić information content (AvgIpc) is 3.28. The van der Waals surface area contributed by atoms with Crippen molar-refractivity contribution in [1.82, 2.24) is 24.8 Å². The van der Waals surface area contributed by atoms with E-state index in [-0.39, 0.29) is 10.7 Å². The molecule has 0 unspecified atom stereocenters. The van der Waals surface area contributed by atoms with E-state index in [1.54, 1.807) is 41.0 Å². The van der Waals surface area contributed by atoms with E-state index in [2.05, 4.69) is 25.0 Å². The molecule has 1 N–H and O–H groups in total. The molecule has 0 fully saturated rings. The molecule has 9 nitrogen and oxygen atoms in total. The Morgan fingerprint density at radius 2 is 1.71 bits per heavy atom. The Labute approximate surface area is 195 Å². The highest BCUT2D eigenvalue weighted by atomic mass is 32.2. The van der Waals surface area contributed by atoms with Crippen LogP contribution in [0.15, 0.2) is 90.0 Å². The smallest absolute Gasteiger partial charge is 0.261 e. The summed E-state index contributed by atoms with van der Waals surface area (Å²) in [7, 11) is -3.84. The molecule has 2 aromatic carbocycles. The Morgan fingerprint density at radius 3 is 2.44 bits per heavy atom. The summed E-state index contributed by atoms with van der Waals surface area (Å²) in [5.74, 6) is 0.372. The summed E-state index contributed by atoms with van der Waals surface area (Å²) in [6.07, 6.45) is 1.67. The standard InChI is InChI=1S/C24H18N6O3S/c1-16(31)17-8-10-20(11-9-17)34(32,33)29-19-6-4-5-18(15-19)21-12-13-23-26-27-24(30(23)28-21)22-7-2-3-14-25-22/h2-15,29H,1H3. The molecular weight excluding hydrogens is 452 g/mol. The first-order valence-electron chi connectivity index (χ1n) is 10.3. The number of benzene rings is 2. The molecule has 0 amide bonds. The molecule has 5 aromatic rings. The number of hydrogen-bond acceptors (Lipinski definition) is 7. The van der Waals surface area contributed by atoms with E-state index in [1.807, 2.05) is 24.3 Å². The number of hydrogen-bond donors (Lipinski definition) is 1.